The maximum absolute atomic E-state index is 12.1. The predicted molar refractivity (Wildman–Crippen MR) is 78.2 cm³/mol. The van der Waals surface area contributed by atoms with Crippen LogP contribution in [-0.4, -0.2) is 18.6 Å². The zero-order chi connectivity index (χ0) is 13.1. The fourth-order valence-corrected chi connectivity index (χ4v) is 2.07. The van der Waals surface area contributed by atoms with Gasteiger partial charge in [-0.1, -0.05) is 6.92 Å². The van der Waals surface area contributed by atoms with Crippen LogP contribution in [0, 0.1) is 10.5 Å². The molecule has 0 heterocycles. The fourth-order valence-electron chi connectivity index (χ4n) is 1.42. The van der Waals surface area contributed by atoms with Crippen LogP contribution in [0.25, 0.3) is 0 Å². The minimum atomic E-state index is -0.768. The number of carbonyl (C=O) groups excluding carboxylic acids is 1. The van der Waals surface area contributed by atoms with Gasteiger partial charge in [0, 0.05) is 16.4 Å². The molecular weight excluding hydrogens is 329 g/mol. The van der Waals surface area contributed by atoms with Gasteiger partial charge in [0.1, 0.15) is 5.60 Å². The van der Waals surface area contributed by atoms with E-state index in [9.17, 15) is 4.79 Å². The predicted octanol–water partition coefficient (Wildman–Crippen LogP) is 3.35. The average Bonchev–Trinajstić information content (AvgIpc) is 2.31. The Morgan fingerprint density at radius 3 is 2.65 bits per heavy atom. The Balaban J connectivity index is 2.88. The number of halogens is 1. The van der Waals surface area contributed by atoms with E-state index in [1.54, 1.807) is 14.0 Å². The molecule has 0 spiro atoms. The summed E-state index contributed by atoms with van der Waals surface area (Å²) >= 11 is 2.25. The lowest BCUT2D eigenvalue weighted by Crippen LogP contribution is -2.41. The Morgan fingerprint density at radius 2 is 2.18 bits per heavy atom. The quantitative estimate of drug-likeness (QED) is 0.849. The molecule has 1 atom stereocenters. The molecule has 94 valence electrons. The number of anilines is 1. The summed E-state index contributed by atoms with van der Waals surface area (Å²) in [7, 11) is 1.56. The van der Waals surface area contributed by atoms with Gasteiger partial charge in [-0.25, -0.2) is 0 Å². The van der Waals surface area contributed by atoms with Crippen LogP contribution in [0.2, 0.25) is 0 Å². The largest absolute Gasteiger partial charge is 0.369 e. The third-order valence-electron chi connectivity index (χ3n) is 3.04. The van der Waals surface area contributed by atoms with E-state index in [0.29, 0.717) is 6.42 Å². The number of methoxy groups -OCH3 is 1. The highest BCUT2D eigenvalue weighted by Crippen LogP contribution is 2.21. The SMILES string of the molecule is CCC(C)(OC)C(=O)Nc1ccc(I)cc1C. The summed E-state index contributed by atoms with van der Waals surface area (Å²) in [5.74, 6) is -0.105. The number of amides is 1. The standard InChI is InChI=1S/C13H18INO2/c1-5-13(3,17-4)12(16)15-11-7-6-10(14)8-9(11)2/h6-8H,5H2,1-4H3,(H,15,16). The van der Waals surface area contributed by atoms with Crippen molar-refractivity contribution in [1.82, 2.24) is 0 Å². The molecule has 3 nitrogen and oxygen atoms in total. The van der Waals surface area contributed by atoms with Crippen LogP contribution < -0.4 is 5.32 Å². The number of nitrogens with one attached hydrogen (secondary N) is 1. The van der Waals surface area contributed by atoms with E-state index in [1.807, 2.05) is 32.0 Å². The zero-order valence-corrected chi connectivity index (χ0v) is 12.8. The van der Waals surface area contributed by atoms with Crippen LogP contribution in [0.15, 0.2) is 18.2 Å². The smallest absolute Gasteiger partial charge is 0.256 e. The second-order valence-electron chi connectivity index (χ2n) is 4.20. The summed E-state index contributed by atoms with van der Waals surface area (Å²) in [6.07, 6.45) is 0.638. The number of rotatable bonds is 4. The van der Waals surface area contributed by atoms with Gasteiger partial charge >= 0.3 is 0 Å². The molecule has 1 rings (SSSR count). The van der Waals surface area contributed by atoms with Crippen molar-refractivity contribution >= 4 is 34.2 Å². The summed E-state index contributed by atoms with van der Waals surface area (Å²) in [6.45, 7) is 5.71. The molecule has 4 heteroatoms. The number of hydrogen-bond donors (Lipinski definition) is 1. The van der Waals surface area contributed by atoms with Crippen molar-refractivity contribution in [2.75, 3.05) is 12.4 Å². The lowest BCUT2D eigenvalue weighted by Gasteiger charge is -2.25. The molecule has 0 aliphatic rings. The van der Waals surface area contributed by atoms with Crippen molar-refractivity contribution in [3.8, 4) is 0 Å². The van der Waals surface area contributed by atoms with Gasteiger partial charge in [-0.05, 0) is 66.6 Å². The van der Waals surface area contributed by atoms with Gasteiger partial charge in [0.2, 0.25) is 0 Å². The Kier molecular flexibility index (Phi) is 4.94. The first-order chi connectivity index (χ1) is 7.92. The normalized spacial score (nSPS) is 14.2. The minimum absolute atomic E-state index is 0.105. The van der Waals surface area contributed by atoms with Gasteiger partial charge in [-0.3, -0.25) is 4.79 Å². The first kappa shape index (κ1) is 14.4. The van der Waals surface area contributed by atoms with Crippen LogP contribution in [0.5, 0.6) is 0 Å². The van der Waals surface area contributed by atoms with Gasteiger partial charge in [-0.2, -0.15) is 0 Å². The van der Waals surface area contributed by atoms with E-state index in [2.05, 4.69) is 27.9 Å². The topological polar surface area (TPSA) is 38.3 Å². The van der Waals surface area contributed by atoms with Crippen LogP contribution in [-0.2, 0) is 9.53 Å². The number of carbonyl (C=O) groups is 1. The third kappa shape index (κ3) is 3.42. The highest BCUT2D eigenvalue weighted by Gasteiger charge is 2.31. The van der Waals surface area contributed by atoms with E-state index in [-0.39, 0.29) is 5.91 Å². The van der Waals surface area contributed by atoms with E-state index in [0.717, 1.165) is 14.8 Å². The first-order valence-corrected chi connectivity index (χ1v) is 6.63. The van der Waals surface area contributed by atoms with E-state index in [1.165, 1.54) is 0 Å². The number of hydrogen-bond acceptors (Lipinski definition) is 2. The molecule has 1 N–H and O–H groups in total. The van der Waals surface area contributed by atoms with E-state index in [4.69, 9.17) is 4.74 Å². The van der Waals surface area contributed by atoms with Crippen molar-refractivity contribution in [2.45, 2.75) is 32.8 Å². The average molecular weight is 347 g/mol. The second kappa shape index (κ2) is 5.82. The molecule has 0 saturated heterocycles. The van der Waals surface area contributed by atoms with Gasteiger partial charge < -0.3 is 10.1 Å². The Hall–Kier alpha value is -0.620. The lowest BCUT2D eigenvalue weighted by atomic mass is 10.0. The number of ether oxygens (including phenoxy) is 1. The molecule has 0 saturated carbocycles. The van der Waals surface area contributed by atoms with Crippen LogP contribution in [0.3, 0.4) is 0 Å². The Labute approximate surface area is 116 Å². The minimum Gasteiger partial charge on any atom is -0.369 e. The number of benzene rings is 1. The van der Waals surface area contributed by atoms with Crippen molar-refractivity contribution in [2.24, 2.45) is 0 Å². The van der Waals surface area contributed by atoms with Gasteiger partial charge in [-0.15, -0.1) is 0 Å². The first-order valence-electron chi connectivity index (χ1n) is 5.55. The van der Waals surface area contributed by atoms with Crippen LogP contribution >= 0.6 is 22.6 Å². The number of aryl methyl sites for hydroxylation is 1. The maximum atomic E-state index is 12.1. The van der Waals surface area contributed by atoms with Crippen molar-refractivity contribution < 1.29 is 9.53 Å². The van der Waals surface area contributed by atoms with Crippen molar-refractivity contribution in [3.05, 3.63) is 27.3 Å². The summed E-state index contributed by atoms with van der Waals surface area (Å²) in [6, 6.07) is 5.92. The second-order valence-corrected chi connectivity index (χ2v) is 5.45. The molecule has 1 amide bonds. The molecule has 0 radical (unpaired) electrons. The highest BCUT2D eigenvalue weighted by molar-refractivity contribution is 14.1. The molecular formula is C13H18INO2. The van der Waals surface area contributed by atoms with Crippen LogP contribution in [0.4, 0.5) is 5.69 Å². The zero-order valence-electron chi connectivity index (χ0n) is 10.6. The molecule has 0 aliphatic carbocycles. The Morgan fingerprint density at radius 1 is 1.53 bits per heavy atom. The van der Waals surface area contributed by atoms with Crippen LogP contribution in [0.1, 0.15) is 25.8 Å². The van der Waals surface area contributed by atoms with Crippen molar-refractivity contribution in [3.63, 3.8) is 0 Å². The highest BCUT2D eigenvalue weighted by atomic mass is 127. The molecule has 1 unspecified atom stereocenters. The third-order valence-corrected chi connectivity index (χ3v) is 3.71. The molecule has 0 fully saturated rings. The van der Waals surface area contributed by atoms with E-state index < -0.39 is 5.60 Å². The Bertz CT molecular complexity index is 414. The molecule has 17 heavy (non-hydrogen) atoms. The van der Waals surface area contributed by atoms with Gasteiger partial charge in [0.05, 0.1) is 0 Å². The fraction of sp³-hybridized carbons (Fsp3) is 0.462. The summed E-state index contributed by atoms with van der Waals surface area (Å²) in [5.41, 5.74) is 1.13. The molecule has 1 aromatic rings. The molecule has 0 bridgehead atoms. The monoisotopic (exact) mass is 347 g/mol. The summed E-state index contributed by atoms with van der Waals surface area (Å²) in [5, 5.41) is 2.91. The molecule has 0 aliphatic heterocycles. The summed E-state index contributed by atoms with van der Waals surface area (Å²) < 4.78 is 6.43. The van der Waals surface area contributed by atoms with Gasteiger partial charge in [0.15, 0.2) is 0 Å². The van der Waals surface area contributed by atoms with E-state index >= 15 is 0 Å². The summed E-state index contributed by atoms with van der Waals surface area (Å²) in [4.78, 5) is 12.1. The maximum Gasteiger partial charge on any atom is 0.256 e. The molecule has 1 aromatic carbocycles. The van der Waals surface area contributed by atoms with Gasteiger partial charge in [0.25, 0.3) is 5.91 Å². The lowest BCUT2D eigenvalue weighted by molar-refractivity contribution is -0.136. The molecule has 0 aromatic heterocycles. The van der Waals surface area contributed by atoms with Crippen molar-refractivity contribution in [1.29, 1.82) is 0 Å².